The Labute approximate surface area is 123 Å². The molecule has 0 bridgehead atoms. The fourth-order valence-electron chi connectivity index (χ4n) is 2.02. The van der Waals surface area contributed by atoms with E-state index in [9.17, 15) is 5.11 Å². The van der Waals surface area contributed by atoms with E-state index in [0.29, 0.717) is 18.1 Å². The number of anilines is 2. The molecular formula is C14H16N4OS. The van der Waals surface area contributed by atoms with Gasteiger partial charge in [0.2, 0.25) is 0 Å². The van der Waals surface area contributed by atoms with Crippen LogP contribution in [0.4, 0.5) is 11.5 Å². The lowest BCUT2D eigenvalue weighted by Gasteiger charge is -2.25. The third kappa shape index (κ3) is 2.70. The van der Waals surface area contributed by atoms with E-state index in [1.165, 1.54) is 0 Å². The lowest BCUT2D eigenvalue weighted by Crippen LogP contribution is -2.24. The summed E-state index contributed by atoms with van der Waals surface area (Å²) < 4.78 is 0. The molecule has 2 aromatic rings. The topological polar surface area (TPSA) is 75.3 Å². The number of hydrogen-bond acceptors (Lipinski definition) is 5. The number of phenolic OH excluding ortho intramolecular Hbond substituents is 1. The average molecular weight is 288 g/mol. The first-order valence-corrected chi connectivity index (χ1v) is 6.63. The molecule has 0 aliphatic rings. The number of aromatic nitrogens is 2. The van der Waals surface area contributed by atoms with Gasteiger partial charge in [0.1, 0.15) is 16.4 Å². The second-order valence-electron chi connectivity index (χ2n) is 4.31. The summed E-state index contributed by atoms with van der Waals surface area (Å²) >= 11 is 5.02. The second kappa shape index (κ2) is 5.83. The largest absolute Gasteiger partial charge is 0.508 e. The zero-order valence-electron chi connectivity index (χ0n) is 11.4. The van der Waals surface area contributed by atoms with Crippen molar-refractivity contribution < 1.29 is 5.11 Å². The SMILES string of the molecule is CCN(c1cc(O)ccc1C)c1nccnc1C(N)=S. The number of benzene rings is 1. The molecule has 0 atom stereocenters. The van der Waals surface area contributed by atoms with E-state index in [0.717, 1.165) is 11.3 Å². The molecule has 2 rings (SSSR count). The van der Waals surface area contributed by atoms with Crippen molar-refractivity contribution in [3.05, 3.63) is 41.9 Å². The first-order chi connectivity index (χ1) is 9.54. The van der Waals surface area contributed by atoms with Crippen LogP contribution in [-0.2, 0) is 0 Å². The maximum Gasteiger partial charge on any atom is 0.162 e. The second-order valence-corrected chi connectivity index (χ2v) is 4.75. The summed E-state index contributed by atoms with van der Waals surface area (Å²) in [6, 6.07) is 5.19. The Kier molecular flexibility index (Phi) is 4.14. The lowest BCUT2D eigenvalue weighted by molar-refractivity contribution is 0.475. The molecule has 20 heavy (non-hydrogen) atoms. The number of aromatic hydroxyl groups is 1. The fourth-order valence-corrected chi connectivity index (χ4v) is 2.17. The number of nitrogens with zero attached hydrogens (tertiary/aromatic N) is 3. The van der Waals surface area contributed by atoms with Gasteiger partial charge in [0.05, 0.1) is 0 Å². The Hall–Kier alpha value is -2.21. The summed E-state index contributed by atoms with van der Waals surface area (Å²) in [5.41, 5.74) is 8.05. The van der Waals surface area contributed by atoms with Crippen LogP contribution < -0.4 is 10.6 Å². The quantitative estimate of drug-likeness (QED) is 0.841. The maximum absolute atomic E-state index is 9.69. The van der Waals surface area contributed by atoms with Crippen molar-refractivity contribution in [3.63, 3.8) is 0 Å². The lowest BCUT2D eigenvalue weighted by atomic mass is 10.1. The number of aryl methyl sites for hydroxylation is 1. The first-order valence-electron chi connectivity index (χ1n) is 6.22. The highest BCUT2D eigenvalue weighted by molar-refractivity contribution is 7.80. The van der Waals surface area contributed by atoms with Gasteiger partial charge in [-0.2, -0.15) is 0 Å². The molecule has 0 saturated heterocycles. The third-order valence-corrected chi connectivity index (χ3v) is 3.16. The van der Waals surface area contributed by atoms with Gasteiger partial charge in [0.15, 0.2) is 5.82 Å². The van der Waals surface area contributed by atoms with Crippen molar-refractivity contribution >= 4 is 28.7 Å². The van der Waals surface area contributed by atoms with Crippen LogP contribution in [0, 0.1) is 6.92 Å². The molecule has 104 valence electrons. The Bertz CT molecular complexity index is 645. The van der Waals surface area contributed by atoms with Crippen molar-refractivity contribution in [2.45, 2.75) is 13.8 Å². The fraction of sp³-hybridized carbons (Fsp3) is 0.214. The van der Waals surface area contributed by atoms with Gasteiger partial charge < -0.3 is 15.7 Å². The van der Waals surface area contributed by atoms with Gasteiger partial charge in [-0.3, -0.25) is 0 Å². The van der Waals surface area contributed by atoms with Crippen LogP contribution in [0.5, 0.6) is 5.75 Å². The minimum atomic E-state index is 0.198. The monoisotopic (exact) mass is 288 g/mol. The van der Waals surface area contributed by atoms with Gasteiger partial charge >= 0.3 is 0 Å². The van der Waals surface area contributed by atoms with Gasteiger partial charge in [-0.1, -0.05) is 18.3 Å². The zero-order valence-corrected chi connectivity index (χ0v) is 12.2. The Morgan fingerprint density at radius 2 is 2.05 bits per heavy atom. The standard InChI is InChI=1S/C14H16N4OS/c1-3-18(11-8-10(19)5-4-9(11)2)14-12(13(15)20)16-6-7-17-14/h4-8,19H,3H2,1-2H3,(H2,15,20). The van der Waals surface area contributed by atoms with Crippen molar-refractivity contribution in [3.8, 4) is 5.75 Å². The van der Waals surface area contributed by atoms with Crippen LogP contribution >= 0.6 is 12.2 Å². The van der Waals surface area contributed by atoms with Gasteiger partial charge in [0.25, 0.3) is 0 Å². The van der Waals surface area contributed by atoms with Crippen molar-refractivity contribution in [1.29, 1.82) is 0 Å². The summed E-state index contributed by atoms with van der Waals surface area (Å²) in [7, 11) is 0. The molecule has 1 aromatic carbocycles. The normalized spacial score (nSPS) is 10.3. The summed E-state index contributed by atoms with van der Waals surface area (Å²) in [4.78, 5) is 10.6. The molecule has 0 aliphatic carbocycles. The highest BCUT2D eigenvalue weighted by Gasteiger charge is 2.17. The molecule has 1 heterocycles. The van der Waals surface area contributed by atoms with Gasteiger partial charge in [-0.25, -0.2) is 9.97 Å². The molecular weight excluding hydrogens is 272 g/mol. The summed E-state index contributed by atoms with van der Waals surface area (Å²) in [6.07, 6.45) is 3.15. The summed E-state index contributed by atoms with van der Waals surface area (Å²) in [5.74, 6) is 0.793. The average Bonchev–Trinajstić information content (AvgIpc) is 2.44. The molecule has 0 unspecified atom stereocenters. The molecule has 1 aromatic heterocycles. The van der Waals surface area contributed by atoms with Crippen LogP contribution in [0.15, 0.2) is 30.6 Å². The molecule has 0 fully saturated rings. The first kappa shape index (κ1) is 14.2. The minimum absolute atomic E-state index is 0.198. The number of hydrogen-bond donors (Lipinski definition) is 2. The van der Waals surface area contributed by atoms with E-state index in [4.69, 9.17) is 18.0 Å². The zero-order chi connectivity index (χ0) is 14.7. The van der Waals surface area contributed by atoms with E-state index < -0.39 is 0 Å². The molecule has 3 N–H and O–H groups in total. The Morgan fingerprint density at radius 1 is 1.35 bits per heavy atom. The van der Waals surface area contributed by atoms with Gasteiger partial charge in [0, 0.05) is 30.7 Å². The summed E-state index contributed by atoms with van der Waals surface area (Å²) in [5, 5.41) is 9.69. The van der Waals surface area contributed by atoms with Gasteiger partial charge in [-0.05, 0) is 25.5 Å². The molecule has 5 nitrogen and oxygen atoms in total. The predicted molar refractivity (Wildman–Crippen MR) is 83.4 cm³/mol. The van der Waals surface area contributed by atoms with Crippen LogP contribution in [0.25, 0.3) is 0 Å². The molecule has 0 aliphatic heterocycles. The molecule has 6 heteroatoms. The molecule has 0 radical (unpaired) electrons. The molecule has 0 amide bonds. The minimum Gasteiger partial charge on any atom is -0.508 e. The number of thiocarbonyl (C=S) groups is 1. The van der Waals surface area contributed by atoms with Crippen LogP contribution in [-0.4, -0.2) is 26.6 Å². The molecule has 0 spiro atoms. The van der Waals surface area contributed by atoms with Crippen LogP contribution in [0.3, 0.4) is 0 Å². The summed E-state index contributed by atoms with van der Waals surface area (Å²) in [6.45, 7) is 4.61. The smallest absolute Gasteiger partial charge is 0.162 e. The van der Waals surface area contributed by atoms with Crippen LogP contribution in [0.2, 0.25) is 0 Å². The van der Waals surface area contributed by atoms with Gasteiger partial charge in [-0.15, -0.1) is 0 Å². The number of phenols is 1. The van der Waals surface area contributed by atoms with Crippen molar-refractivity contribution in [2.24, 2.45) is 5.73 Å². The Balaban J connectivity index is 2.58. The number of rotatable bonds is 4. The van der Waals surface area contributed by atoms with E-state index in [-0.39, 0.29) is 10.7 Å². The highest BCUT2D eigenvalue weighted by Crippen LogP contribution is 2.31. The number of nitrogens with two attached hydrogens (primary N) is 1. The van der Waals surface area contributed by atoms with Crippen LogP contribution in [0.1, 0.15) is 18.2 Å². The van der Waals surface area contributed by atoms with E-state index in [2.05, 4.69) is 9.97 Å². The van der Waals surface area contributed by atoms with E-state index in [1.54, 1.807) is 24.5 Å². The maximum atomic E-state index is 9.69. The Morgan fingerprint density at radius 3 is 2.70 bits per heavy atom. The van der Waals surface area contributed by atoms with E-state index in [1.807, 2.05) is 24.8 Å². The predicted octanol–water partition coefficient (Wildman–Crippen LogP) is 2.28. The van der Waals surface area contributed by atoms with E-state index >= 15 is 0 Å². The third-order valence-electron chi connectivity index (χ3n) is 2.97. The van der Waals surface area contributed by atoms with Crippen molar-refractivity contribution in [1.82, 2.24) is 9.97 Å². The highest BCUT2D eigenvalue weighted by atomic mass is 32.1. The molecule has 0 saturated carbocycles. The van der Waals surface area contributed by atoms with Crippen molar-refractivity contribution in [2.75, 3.05) is 11.4 Å².